The molecule has 0 saturated carbocycles. The van der Waals surface area contributed by atoms with Crippen LogP contribution in [0.1, 0.15) is 104 Å². The zero-order valence-corrected chi connectivity index (χ0v) is 17.0. The highest BCUT2D eigenvalue weighted by molar-refractivity contribution is 5.81. The van der Waals surface area contributed by atoms with E-state index in [0.717, 1.165) is 18.9 Å². The van der Waals surface area contributed by atoms with Gasteiger partial charge in [0.1, 0.15) is 6.23 Å². The number of carboxylic acid groups (broad SMARTS) is 1. The fourth-order valence-corrected chi connectivity index (χ4v) is 2.53. The zero-order valence-electron chi connectivity index (χ0n) is 17.0. The van der Waals surface area contributed by atoms with Crippen LogP contribution in [0, 0.1) is 0 Å². The molecule has 0 bridgehead atoms. The predicted molar refractivity (Wildman–Crippen MR) is 108 cm³/mol. The normalized spacial score (nSPS) is 11.2. The molecule has 0 heterocycles. The van der Waals surface area contributed by atoms with Crippen molar-refractivity contribution in [1.29, 1.82) is 0 Å². The fraction of sp³-hybridized carbons (Fsp3) is 0.810. The van der Waals surface area contributed by atoms with Crippen LogP contribution in [0.4, 0.5) is 0 Å². The van der Waals surface area contributed by atoms with Crippen molar-refractivity contribution in [3.63, 3.8) is 0 Å². The van der Waals surface area contributed by atoms with Gasteiger partial charge < -0.3 is 9.84 Å². The van der Waals surface area contributed by atoms with Gasteiger partial charge in [0, 0.05) is 12.5 Å². The Kier molecular flexibility index (Phi) is 22.4. The highest BCUT2D eigenvalue weighted by Crippen LogP contribution is 2.12. The lowest BCUT2D eigenvalue weighted by molar-refractivity contribution is -0.142. The van der Waals surface area contributed by atoms with Gasteiger partial charge in [0.2, 0.25) is 0 Å². The van der Waals surface area contributed by atoms with Gasteiger partial charge in [-0.25, -0.2) is 4.79 Å². The van der Waals surface area contributed by atoms with E-state index >= 15 is 0 Å². The Morgan fingerprint density at radius 1 is 0.923 bits per heavy atom. The minimum atomic E-state index is -0.655. The Morgan fingerprint density at radius 3 is 1.58 bits per heavy atom. The van der Waals surface area contributed by atoms with Crippen LogP contribution < -0.4 is 5.73 Å². The van der Waals surface area contributed by atoms with Gasteiger partial charge in [-0.05, 0) is 13.3 Å². The summed E-state index contributed by atoms with van der Waals surface area (Å²) in [6.07, 6.45) is 17.8. The Hall–Kier alpha value is -1.36. The van der Waals surface area contributed by atoms with Crippen molar-refractivity contribution in [2.24, 2.45) is 5.73 Å². The van der Waals surface area contributed by atoms with Crippen molar-refractivity contribution in [1.82, 2.24) is 0 Å². The van der Waals surface area contributed by atoms with E-state index < -0.39 is 18.2 Å². The number of unbranched alkanes of at least 4 members (excludes halogenated alkanes) is 12. The molecule has 0 aliphatic heterocycles. The Morgan fingerprint density at radius 2 is 1.31 bits per heavy atom. The molecule has 0 radical (unpaired) electrons. The van der Waals surface area contributed by atoms with Crippen LogP contribution in [0.3, 0.4) is 0 Å². The smallest absolute Gasteiger partial charge is 0.331 e. The molecule has 1 unspecified atom stereocenters. The van der Waals surface area contributed by atoms with E-state index in [1.165, 1.54) is 70.6 Å². The van der Waals surface area contributed by atoms with Crippen LogP contribution in [0.15, 0.2) is 12.7 Å². The first-order chi connectivity index (χ1) is 12.4. The maximum absolute atomic E-state index is 10.3. The summed E-state index contributed by atoms with van der Waals surface area (Å²) in [6.45, 7) is 7.01. The summed E-state index contributed by atoms with van der Waals surface area (Å²) in [7, 11) is 0. The maximum Gasteiger partial charge on any atom is 0.331 e. The predicted octanol–water partition coefficient (Wildman–Crippen LogP) is 5.57. The molecule has 0 spiro atoms. The second kappa shape index (κ2) is 21.7. The number of rotatable bonds is 16. The van der Waals surface area contributed by atoms with Crippen molar-refractivity contribution in [2.45, 2.75) is 110 Å². The molecular formula is C21H41NO4. The Balaban J connectivity index is 0. The van der Waals surface area contributed by atoms with E-state index in [-0.39, 0.29) is 0 Å². The Bertz CT molecular complexity index is 343. The van der Waals surface area contributed by atoms with Crippen molar-refractivity contribution in [3.05, 3.63) is 12.7 Å². The van der Waals surface area contributed by atoms with Crippen LogP contribution >= 0.6 is 0 Å². The standard InChI is InChI=1S/C16H32O2.C5H9NO2/c1-2-3-4-5-6-7-8-9-10-11-12-13-14-15-16(17)18;1-3-5(7)8-4(2)6/h2-15H2,1H3,(H,17,18);3-4H,1,6H2,2H3. The summed E-state index contributed by atoms with van der Waals surface area (Å²) in [5.41, 5.74) is 5.08. The number of carboxylic acids is 1. The lowest BCUT2D eigenvalue weighted by Gasteiger charge is -2.02. The van der Waals surface area contributed by atoms with Gasteiger partial charge in [0.05, 0.1) is 0 Å². The highest BCUT2D eigenvalue weighted by atomic mass is 16.5. The summed E-state index contributed by atoms with van der Waals surface area (Å²) >= 11 is 0. The molecule has 0 amide bonds. The summed E-state index contributed by atoms with van der Waals surface area (Å²) in [6, 6.07) is 0. The van der Waals surface area contributed by atoms with Crippen LogP contribution in [0.5, 0.6) is 0 Å². The lowest BCUT2D eigenvalue weighted by atomic mass is 10.0. The van der Waals surface area contributed by atoms with Gasteiger partial charge in [0.25, 0.3) is 0 Å². The van der Waals surface area contributed by atoms with Gasteiger partial charge in [-0.3, -0.25) is 10.5 Å². The second-order valence-electron chi connectivity index (χ2n) is 6.73. The van der Waals surface area contributed by atoms with Crippen LogP contribution in [0.25, 0.3) is 0 Å². The molecule has 26 heavy (non-hydrogen) atoms. The van der Waals surface area contributed by atoms with Gasteiger partial charge in [-0.2, -0.15) is 0 Å². The van der Waals surface area contributed by atoms with Crippen molar-refractivity contribution < 1.29 is 19.4 Å². The first-order valence-electron chi connectivity index (χ1n) is 10.2. The minimum Gasteiger partial charge on any atom is -0.481 e. The van der Waals surface area contributed by atoms with Crippen molar-refractivity contribution in [3.8, 4) is 0 Å². The van der Waals surface area contributed by atoms with Crippen molar-refractivity contribution in [2.75, 3.05) is 0 Å². The average Bonchev–Trinajstić information content (AvgIpc) is 2.58. The molecule has 0 aromatic rings. The number of hydrogen-bond acceptors (Lipinski definition) is 4. The second-order valence-corrected chi connectivity index (χ2v) is 6.73. The first-order valence-corrected chi connectivity index (χ1v) is 10.2. The third-order valence-electron chi connectivity index (χ3n) is 3.96. The summed E-state index contributed by atoms with van der Waals surface area (Å²) in [4.78, 5) is 20.5. The number of carbonyl (C=O) groups excluding carboxylic acids is 1. The van der Waals surface area contributed by atoms with E-state index in [0.29, 0.717) is 6.42 Å². The fourth-order valence-electron chi connectivity index (χ4n) is 2.53. The molecule has 0 aliphatic carbocycles. The summed E-state index contributed by atoms with van der Waals surface area (Å²) in [5.74, 6) is -1.14. The van der Waals surface area contributed by atoms with E-state index in [1.54, 1.807) is 6.92 Å². The van der Waals surface area contributed by atoms with E-state index in [4.69, 9.17) is 10.8 Å². The Labute approximate surface area is 160 Å². The molecule has 0 rings (SSSR count). The van der Waals surface area contributed by atoms with E-state index in [9.17, 15) is 9.59 Å². The molecule has 0 aromatic heterocycles. The average molecular weight is 372 g/mol. The molecule has 5 nitrogen and oxygen atoms in total. The third-order valence-corrected chi connectivity index (χ3v) is 3.96. The van der Waals surface area contributed by atoms with Crippen LogP contribution in [-0.4, -0.2) is 23.3 Å². The molecular weight excluding hydrogens is 330 g/mol. The number of nitrogens with two attached hydrogens (primary N) is 1. The maximum atomic E-state index is 10.3. The third kappa shape index (κ3) is 27.5. The van der Waals surface area contributed by atoms with Crippen molar-refractivity contribution >= 4 is 11.9 Å². The van der Waals surface area contributed by atoms with Crippen LogP contribution in [-0.2, 0) is 14.3 Å². The number of hydrogen-bond donors (Lipinski definition) is 2. The number of aliphatic carboxylic acids is 1. The molecule has 0 aliphatic rings. The minimum absolute atomic E-state index is 0.345. The van der Waals surface area contributed by atoms with Gasteiger partial charge in [-0.15, -0.1) is 0 Å². The van der Waals surface area contributed by atoms with E-state index in [1.807, 2.05) is 0 Å². The monoisotopic (exact) mass is 371 g/mol. The lowest BCUT2D eigenvalue weighted by Crippen LogP contribution is -2.21. The summed E-state index contributed by atoms with van der Waals surface area (Å²) < 4.78 is 4.42. The molecule has 154 valence electrons. The molecule has 0 saturated heterocycles. The van der Waals surface area contributed by atoms with Crippen LogP contribution in [0.2, 0.25) is 0 Å². The molecule has 0 fully saturated rings. The zero-order chi connectivity index (χ0) is 20.0. The first kappa shape index (κ1) is 26.9. The van der Waals surface area contributed by atoms with Gasteiger partial charge >= 0.3 is 11.9 Å². The van der Waals surface area contributed by atoms with Gasteiger partial charge in [-0.1, -0.05) is 90.6 Å². The number of ether oxygens (including phenoxy) is 1. The topological polar surface area (TPSA) is 89.6 Å². The number of esters is 1. The number of carbonyl (C=O) groups is 2. The van der Waals surface area contributed by atoms with Gasteiger partial charge in [0.15, 0.2) is 0 Å². The summed E-state index contributed by atoms with van der Waals surface area (Å²) in [5, 5.41) is 8.49. The SMILES string of the molecule is C=CC(=O)OC(C)N.CCCCCCCCCCCCCCCC(=O)O. The van der Waals surface area contributed by atoms with E-state index in [2.05, 4.69) is 18.2 Å². The largest absolute Gasteiger partial charge is 0.481 e. The molecule has 3 N–H and O–H groups in total. The molecule has 5 heteroatoms. The highest BCUT2D eigenvalue weighted by Gasteiger charge is 1.97. The quantitative estimate of drug-likeness (QED) is 0.160. The molecule has 1 atom stereocenters. The molecule has 0 aromatic carbocycles.